The number of hydrogen-bond acceptors (Lipinski definition) is 4. The van der Waals surface area contributed by atoms with Crippen molar-refractivity contribution < 1.29 is 19.1 Å². The number of hydrogen-bond donors (Lipinski definition) is 0. The number of methoxy groups -OCH3 is 1. The van der Waals surface area contributed by atoms with E-state index in [1.165, 1.54) is 7.11 Å². The molecule has 4 heteroatoms. The van der Waals surface area contributed by atoms with Crippen LogP contribution in [-0.2, 0) is 19.1 Å². The first-order chi connectivity index (χ1) is 7.97. The first kappa shape index (κ1) is 18.5. The second-order valence-electron chi connectivity index (χ2n) is 4.12. The summed E-state index contributed by atoms with van der Waals surface area (Å²) in [6.07, 6.45) is 1.15. The van der Waals surface area contributed by atoms with Gasteiger partial charge in [-0.2, -0.15) is 0 Å². The van der Waals surface area contributed by atoms with Crippen molar-refractivity contribution in [3.05, 3.63) is 0 Å². The lowest BCUT2D eigenvalue weighted by atomic mass is 9.90. The second-order valence-corrected chi connectivity index (χ2v) is 4.12. The molecule has 0 spiro atoms. The lowest BCUT2D eigenvalue weighted by Crippen LogP contribution is -2.32. The molecular formula is C13H26O4. The third-order valence-corrected chi connectivity index (χ3v) is 2.42. The molecular weight excluding hydrogens is 220 g/mol. The molecule has 0 aromatic heterocycles. The fourth-order valence-electron chi connectivity index (χ4n) is 0.899. The maximum atomic E-state index is 11.7. The van der Waals surface area contributed by atoms with Crippen LogP contribution in [-0.4, -0.2) is 32.1 Å². The summed E-state index contributed by atoms with van der Waals surface area (Å²) in [5.41, 5.74) is -0.505. The van der Waals surface area contributed by atoms with Crippen molar-refractivity contribution in [3.63, 3.8) is 0 Å². The van der Waals surface area contributed by atoms with Crippen molar-refractivity contribution in [1.82, 2.24) is 0 Å². The first-order valence-electron chi connectivity index (χ1n) is 6.11. The Morgan fingerprint density at radius 3 is 2.24 bits per heavy atom. The van der Waals surface area contributed by atoms with Crippen LogP contribution in [0, 0.1) is 5.41 Å². The highest BCUT2D eigenvalue weighted by atomic mass is 16.6. The summed E-state index contributed by atoms with van der Waals surface area (Å²) in [7, 11) is 1.51. The molecule has 0 aliphatic rings. The molecule has 1 unspecified atom stereocenters. The van der Waals surface area contributed by atoms with Crippen molar-refractivity contribution in [3.8, 4) is 0 Å². The Morgan fingerprint density at radius 2 is 1.88 bits per heavy atom. The number of rotatable bonds is 7. The molecule has 0 amide bonds. The summed E-state index contributed by atoms with van der Waals surface area (Å²) in [6, 6.07) is 0. The summed E-state index contributed by atoms with van der Waals surface area (Å²) < 4.78 is 10.1. The van der Waals surface area contributed by atoms with Gasteiger partial charge < -0.3 is 14.3 Å². The van der Waals surface area contributed by atoms with E-state index in [2.05, 4.69) is 0 Å². The second kappa shape index (κ2) is 10.3. The van der Waals surface area contributed by atoms with Gasteiger partial charge in [-0.25, -0.2) is 0 Å². The van der Waals surface area contributed by atoms with Crippen molar-refractivity contribution in [2.75, 3.05) is 13.7 Å². The number of aldehydes is 1. The Bertz CT molecular complexity index is 211. The monoisotopic (exact) mass is 246 g/mol. The summed E-state index contributed by atoms with van der Waals surface area (Å²) in [6.45, 7) is 9.82. The van der Waals surface area contributed by atoms with Gasteiger partial charge in [0.1, 0.15) is 12.4 Å². The number of carbonyl (C=O) groups excluding carboxylic acids is 2. The molecule has 0 heterocycles. The van der Waals surface area contributed by atoms with Gasteiger partial charge in [-0.05, 0) is 20.3 Å². The molecule has 0 aliphatic carbocycles. The SMILES string of the molecule is CC.CCC(C)(C)C(=O)OC(CC=O)COC. The Kier molecular flexibility index (Phi) is 11.2. The zero-order chi connectivity index (χ0) is 13.9. The first-order valence-corrected chi connectivity index (χ1v) is 6.11. The smallest absolute Gasteiger partial charge is 0.311 e. The van der Waals surface area contributed by atoms with Crippen LogP contribution in [0.15, 0.2) is 0 Å². The van der Waals surface area contributed by atoms with Gasteiger partial charge in [-0.15, -0.1) is 0 Å². The van der Waals surface area contributed by atoms with Crippen LogP contribution in [0.25, 0.3) is 0 Å². The van der Waals surface area contributed by atoms with E-state index in [0.29, 0.717) is 6.42 Å². The zero-order valence-electron chi connectivity index (χ0n) is 11.9. The van der Waals surface area contributed by atoms with Gasteiger partial charge >= 0.3 is 5.97 Å². The van der Waals surface area contributed by atoms with Crippen LogP contribution in [0.2, 0.25) is 0 Å². The summed E-state index contributed by atoms with van der Waals surface area (Å²) in [4.78, 5) is 22.0. The predicted molar refractivity (Wildman–Crippen MR) is 67.9 cm³/mol. The molecule has 0 fully saturated rings. The normalized spacial score (nSPS) is 12.1. The summed E-state index contributed by atoms with van der Waals surface area (Å²) >= 11 is 0. The number of ether oxygens (including phenoxy) is 2. The van der Waals surface area contributed by atoms with E-state index < -0.39 is 11.5 Å². The van der Waals surface area contributed by atoms with Crippen molar-refractivity contribution >= 4 is 12.3 Å². The molecule has 0 saturated carbocycles. The van der Waals surface area contributed by atoms with Crippen LogP contribution < -0.4 is 0 Å². The number of esters is 1. The molecule has 17 heavy (non-hydrogen) atoms. The van der Waals surface area contributed by atoms with E-state index in [0.717, 1.165) is 6.29 Å². The minimum absolute atomic E-state index is 0.180. The fraction of sp³-hybridized carbons (Fsp3) is 0.846. The van der Waals surface area contributed by atoms with Gasteiger partial charge in [0.25, 0.3) is 0 Å². The average molecular weight is 246 g/mol. The Balaban J connectivity index is 0. The zero-order valence-corrected chi connectivity index (χ0v) is 11.9. The van der Waals surface area contributed by atoms with Gasteiger partial charge in [0.05, 0.1) is 12.0 Å². The Morgan fingerprint density at radius 1 is 1.35 bits per heavy atom. The van der Waals surface area contributed by atoms with Crippen LogP contribution in [0.1, 0.15) is 47.5 Å². The third-order valence-electron chi connectivity index (χ3n) is 2.42. The molecule has 0 aromatic rings. The quantitative estimate of drug-likeness (QED) is 0.512. The predicted octanol–water partition coefficient (Wildman–Crippen LogP) is 2.60. The standard InChI is InChI=1S/C11H20O4.C2H6/c1-5-11(2,3)10(13)15-9(6-7-12)8-14-4;1-2/h7,9H,5-6,8H2,1-4H3;1-2H3. The average Bonchev–Trinajstić information content (AvgIpc) is 2.32. The highest BCUT2D eigenvalue weighted by molar-refractivity contribution is 5.76. The topological polar surface area (TPSA) is 52.6 Å². The summed E-state index contributed by atoms with van der Waals surface area (Å²) in [5, 5.41) is 0. The van der Waals surface area contributed by atoms with Gasteiger partial charge in [-0.3, -0.25) is 4.79 Å². The van der Waals surface area contributed by atoms with E-state index in [1.54, 1.807) is 0 Å². The third kappa shape index (κ3) is 7.91. The van der Waals surface area contributed by atoms with Crippen LogP contribution >= 0.6 is 0 Å². The molecule has 4 nitrogen and oxygen atoms in total. The van der Waals surface area contributed by atoms with Crippen LogP contribution in [0.4, 0.5) is 0 Å². The molecule has 1 atom stereocenters. The van der Waals surface area contributed by atoms with Crippen molar-refractivity contribution in [1.29, 1.82) is 0 Å². The van der Waals surface area contributed by atoms with Crippen LogP contribution in [0.5, 0.6) is 0 Å². The maximum absolute atomic E-state index is 11.7. The van der Waals surface area contributed by atoms with Crippen LogP contribution in [0.3, 0.4) is 0 Å². The van der Waals surface area contributed by atoms with E-state index in [9.17, 15) is 9.59 Å². The van der Waals surface area contributed by atoms with E-state index >= 15 is 0 Å². The highest BCUT2D eigenvalue weighted by Crippen LogP contribution is 2.22. The van der Waals surface area contributed by atoms with Gasteiger partial charge in [0, 0.05) is 13.5 Å². The minimum Gasteiger partial charge on any atom is -0.459 e. The molecule has 0 saturated heterocycles. The van der Waals surface area contributed by atoms with E-state index in [1.807, 2.05) is 34.6 Å². The molecule has 0 rings (SSSR count). The number of carbonyl (C=O) groups is 2. The Labute approximate surface area is 105 Å². The maximum Gasteiger partial charge on any atom is 0.311 e. The molecule has 0 bridgehead atoms. The van der Waals surface area contributed by atoms with Crippen molar-refractivity contribution in [2.45, 2.75) is 53.6 Å². The summed E-state index contributed by atoms with van der Waals surface area (Å²) in [5.74, 6) is -0.283. The molecule has 0 N–H and O–H groups in total. The molecule has 102 valence electrons. The highest BCUT2D eigenvalue weighted by Gasteiger charge is 2.29. The van der Waals surface area contributed by atoms with E-state index in [-0.39, 0.29) is 19.0 Å². The van der Waals surface area contributed by atoms with Crippen molar-refractivity contribution in [2.24, 2.45) is 5.41 Å². The molecule has 0 radical (unpaired) electrons. The minimum atomic E-state index is -0.505. The molecule has 0 aromatic carbocycles. The fourth-order valence-corrected chi connectivity index (χ4v) is 0.899. The Hall–Kier alpha value is -0.900. The molecule has 0 aliphatic heterocycles. The largest absolute Gasteiger partial charge is 0.459 e. The van der Waals surface area contributed by atoms with Gasteiger partial charge in [0.15, 0.2) is 0 Å². The van der Waals surface area contributed by atoms with Gasteiger partial charge in [0.2, 0.25) is 0 Å². The lowest BCUT2D eigenvalue weighted by molar-refractivity contribution is -0.162. The van der Waals surface area contributed by atoms with E-state index in [4.69, 9.17) is 9.47 Å². The lowest BCUT2D eigenvalue weighted by Gasteiger charge is -2.24. The van der Waals surface area contributed by atoms with Gasteiger partial charge in [-0.1, -0.05) is 20.8 Å².